The lowest BCUT2D eigenvalue weighted by molar-refractivity contribution is -0.147. The number of nitrogens with one attached hydrogen (secondary N) is 2. The second-order valence-corrected chi connectivity index (χ2v) is 8.31. The van der Waals surface area contributed by atoms with Gasteiger partial charge in [-0.2, -0.15) is 0 Å². The standard InChI is InChI=1S/C21H19ClN4O4S2/c1-3-9-25-18(29)14(16(27)23-20(25)31)13(11-5-7-12(22)8-6-11)15-17(28)24-21(32)26(10-4-2)19(15)30/h3-8,13-15H,1-2,9-10H2,(H,23,27,31)(H,24,28,32). The average molecular weight is 491 g/mol. The van der Waals surface area contributed by atoms with E-state index >= 15 is 0 Å². The lowest BCUT2D eigenvalue weighted by Crippen LogP contribution is -2.64. The van der Waals surface area contributed by atoms with Crippen molar-refractivity contribution in [3.05, 3.63) is 60.2 Å². The van der Waals surface area contributed by atoms with Crippen molar-refractivity contribution >= 4 is 69.9 Å². The van der Waals surface area contributed by atoms with Crippen molar-refractivity contribution in [2.45, 2.75) is 5.92 Å². The summed E-state index contributed by atoms with van der Waals surface area (Å²) >= 11 is 16.2. The van der Waals surface area contributed by atoms with Crippen molar-refractivity contribution in [2.75, 3.05) is 13.1 Å². The Hall–Kier alpha value is -2.95. The minimum Gasteiger partial charge on any atom is -0.302 e. The van der Waals surface area contributed by atoms with Crippen LogP contribution < -0.4 is 10.6 Å². The van der Waals surface area contributed by atoms with Gasteiger partial charge in [0, 0.05) is 24.0 Å². The van der Waals surface area contributed by atoms with Gasteiger partial charge in [0.1, 0.15) is 11.8 Å². The van der Waals surface area contributed by atoms with Crippen LogP contribution in [-0.4, -0.2) is 56.7 Å². The van der Waals surface area contributed by atoms with Gasteiger partial charge in [-0.1, -0.05) is 35.9 Å². The van der Waals surface area contributed by atoms with E-state index in [1.54, 1.807) is 24.3 Å². The van der Waals surface area contributed by atoms with E-state index in [1.807, 2.05) is 0 Å². The third kappa shape index (κ3) is 4.34. The van der Waals surface area contributed by atoms with Crippen LogP contribution in [-0.2, 0) is 19.2 Å². The number of rotatable bonds is 7. The molecule has 2 aliphatic rings. The quantitative estimate of drug-likeness (QED) is 0.341. The molecule has 32 heavy (non-hydrogen) atoms. The van der Waals surface area contributed by atoms with Crippen LogP contribution in [0.15, 0.2) is 49.6 Å². The summed E-state index contributed by atoms with van der Waals surface area (Å²) in [5.74, 6) is -6.63. The summed E-state index contributed by atoms with van der Waals surface area (Å²) in [4.78, 5) is 55.0. The average Bonchev–Trinajstić information content (AvgIpc) is 2.73. The monoisotopic (exact) mass is 490 g/mol. The molecule has 0 bridgehead atoms. The van der Waals surface area contributed by atoms with Crippen LogP contribution >= 0.6 is 36.0 Å². The van der Waals surface area contributed by atoms with Gasteiger partial charge in [-0.05, 0) is 42.1 Å². The van der Waals surface area contributed by atoms with Crippen LogP contribution in [0.25, 0.3) is 0 Å². The van der Waals surface area contributed by atoms with Gasteiger partial charge in [-0.15, -0.1) is 13.2 Å². The smallest absolute Gasteiger partial charge is 0.242 e. The number of hydrogen-bond donors (Lipinski definition) is 2. The number of nitrogens with zero attached hydrogens (tertiary/aromatic N) is 2. The summed E-state index contributed by atoms with van der Waals surface area (Å²) in [6.07, 6.45) is 2.91. The molecule has 2 heterocycles. The van der Waals surface area contributed by atoms with E-state index in [9.17, 15) is 19.2 Å². The van der Waals surface area contributed by atoms with Crippen LogP contribution in [0.1, 0.15) is 11.5 Å². The molecule has 0 radical (unpaired) electrons. The zero-order valence-corrected chi connectivity index (χ0v) is 19.1. The van der Waals surface area contributed by atoms with E-state index in [0.29, 0.717) is 10.6 Å². The van der Waals surface area contributed by atoms with Gasteiger partial charge < -0.3 is 10.6 Å². The van der Waals surface area contributed by atoms with Gasteiger partial charge in [0.15, 0.2) is 10.2 Å². The Morgan fingerprint density at radius 3 is 1.66 bits per heavy atom. The largest absolute Gasteiger partial charge is 0.302 e. The first-order valence-electron chi connectivity index (χ1n) is 9.51. The molecule has 8 nitrogen and oxygen atoms in total. The molecule has 0 spiro atoms. The molecule has 2 N–H and O–H groups in total. The molecule has 2 atom stereocenters. The Morgan fingerprint density at radius 1 is 0.875 bits per heavy atom. The van der Waals surface area contributed by atoms with Crippen LogP contribution in [0, 0.1) is 11.8 Å². The summed E-state index contributed by atoms with van der Waals surface area (Å²) in [6, 6.07) is 6.25. The number of amides is 4. The molecule has 1 aromatic rings. The van der Waals surface area contributed by atoms with Crippen LogP contribution in [0.5, 0.6) is 0 Å². The molecule has 166 valence electrons. The molecule has 2 aliphatic heterocycles. The second-order valence-electron chi connectivity index (χ2n) is 7.10. The Morgan fingerprint density at radius 2 is 1.28 bits per heavy atom. The highest BCUT2D eigenvalue weighted by molar-refractivity contribution is 7.80. The third-order valence-corrected chi connectivity index (χ3v) is 6.07. The zero-order chi connectivity index (χ0) is 23.6. The molecule has 1 aromatic carbocycles. The summed E-state index contributed by atoms with van der Waals surface area (Å²) in [7, 11) is 0. The minimum absolute atomic E-state index is 0.0548. The van der Waals surface area contributed by atoms with Gasteiger partial charge in [0.2, 0.25) is 23.6 Å². The fourth-order valence-corrected chi connectivity index (χ4v) is 4.42. The highest BCUT2D eigenvalue weighted by Crippen LogP contribution is 2.38. The Balaban J connectivity index is 2.15. The van der Waals surface area contributed by atoms with E-state index in [0.717, 1.165) is 0 Å². The van der Waals surface area contributed by atoms with Crippen LogP contribution in [0.4, 0.5) is 0 Å². The van der Waals surface area contributed by atoms with Gasteiger partial charge >= 0.3 is 0 Å². The van der Waals surface area contributed by atoms with E-state index in [2.05, 4.69) is 23.8 Å². The maximum atomic E-state index is 13.4. The first kappa shape index (κ1) is 23.7. The number of benzene rings is 1. The molecule has 2 fully saturated rings. The molecular formula is C21H19ClN4O4S2. The maximum Gasteiger partial charge on any atom is 0.242 e. The van der Waals surface area contributed by atoms with Gasteiger partial charge in [0.25, 0.3) is 0 Å². The summed E-state index contributed by atoms with van der Waals surface area (Å²) < 4.78 is 0. The number of carbonyl (C=O) groups is 4. The highest BCUT2D eigenvalue weighted by atomic mass is 35.5. The minimum atomic E-state index is -1.40. The van der Waals surface area contributed by atoms with Crippen LogP contribution in [0.3, 0.4) is 0 Å². The fraction of sp³-hybridized carbons (Fsp3) is 0.238. The molecule has 11 heteroatoms. The molecule has 2 unspecified atom stereocenters. The van der Waals surface area contributed by atoms with Gasteiger partial charge in [-0.25, -0.2) is 0 Å². The number of halogens is 1. The Kier molecular flexibility index (Phi) is 7.17. The van der Waals surface area contributed by atoms with Crippen molar-refractivity contribution in [1.82, 2.24) is 20.4 Å². The predicted molar refractivity (Wildman–Crippen MR) is 126 cm³/mol. The molecular weight excluding hydrogens is 472 g/mol. The number of carbonyl (C=O) groups excluding carboxylic acids is 4. The first-order valence-corrected chi connectivity index (χ1v) is 10.7. The lowest BCUT2D eigenvalue weighted by atomic mass is 9.73. The SMILES string of the molecule is C=CCN1C(=O)C(C(c2ccc(Cl)cc2)C2C(=O)NC(=S)N(CC=C)C2=O)C(=O)NC1=S. The Bertz CT molecular complexity index is 983. The predicted octanol–water partition coefficient (Wildman–Crippen LogP) is 1.51. The van der Waals surface area contributed by atoms with E-state index in [1.165, 1.54) is 22.0 Å². The first-order chi connectivity index (χ1) is 15.2. The molecule has 0 aliphatic carbocycles. The molecule has 0 saturated carbocycles. The molecule has 0 aromatic heterocycles. The molecule has 4 amide bonds. The van der Waals surface area contributed by atoms with Crippen LogP contribution in [0.2, 0.25) is 5.02 Å². The van der Waals surface area contributed by atoms with E-state index in [4.69, 9.17) is 36.0 Å². The zero-order valence-electron chi connectivity index (χ0n) is 16.7. The lowest BCUT2D eigenvalue weighted by Gasteiger charge is -2.40. The maximum absolute atomic E-state index is 13.4. The summed E-state index contributed by atoms with van der Waals surface area (Å²) in [5.41, 5.74) is 0.411. The third-order valence-electron chi connectivity index (χ3n) is 5.18. The molecule has 3 rings (SSSR count). The second kappa shape index (κ2) is 9.68. The normalized spacial score (nSPS) is 22.4. The van der Waals surface area contributed by atoms with Crippen molar-refractivity contribution in [3.63, 3.8) is 0 Å². The van der Waals surface area contributed by atoms with Crippen molar-refractivity contribution < 1.29 is 19.2 Å². The van der Waals surface area contributed by atoms with Crippen molar-refractivity contribution in [2.24, 2.45) is 11.8 Å². The van der Waals surface area contributed by atoms with Gasteiger partial charge in [-0.3, -0.25) is 29.0 Å². The Labute approximate surface area is 200 Å². The summed E-state index contributed by atoms with van der Waals surface area (Å²) in [5, 5.41) is 5.26. The van der Waals surface area contributed by atoms with Crippen molar-refractivity contribution in [1.29, 1.82) is 0 Å². The van der Waals surface area contributed by atoms with E-state index < -0.39 is 41.4 Å². The summed E-state index contributed by atoms with van der Waals surface area (Å²) in [6.45, 7) is 7.32. The number of hydrogen-bond acceptors (Lipinski definition) is 6. The van der Waals surface area contributed by atoms with E-state index in [-0.39, 0.29) is 23.3 Å². The molecule has 2 saturated heterocycles. The van der Waals surface area contributed by atoms with Crippen molar-refractivity contribution in [3.8, 4) is 0 Å². The topological polar surface area (TPSA) is 98.8 Å². The highest BCUT2D eigenvalue weighted by Gasteiger charge is 2.52. The fourth-order valence-electron chi connectivity index (χ4n) is 3.76. The van der Waals surface area contributed by atoms with Gasteiger partial charge in [0.05, 0.1) is 0 Å². The number of thiocarbonyl (C=S) groups is 2.